The summed E-state index contributed by atoms with van der Waals surface area (Å²) in [6, 6.07) is 27.3. The van der Waals surface area contributed by atoms with Crippen LogP contribution in [-0.2, 0) is 9.63 Å². The van der Waals surface area contributed by atoms with E-state index in [1.807, 2.05) is 84.9 Å². The summed E-state index contributed by atoms with van der Waals surface area (Å²) < 4.78 is 0. The highest BCUT2D eigenvalue weighted by atomic mass is 16.6. The van der Waals surface area contributed by atoms with E-state index in [0.717, 1.165) is 16.9 Å². The minimum absolute atomic E-state index is 0.204. The van der Waals surface area contributed by atoms with Crippen molar-refractivity contribution >= 4 is 28.7 Å². The second kappa shape index (κ2) is 7.74. The highest BCUT2D eigenvalue weighted by Crippen LogP contribution is 2.27. The fraction of sp³-hybridized carbons (Fsp3) is 0.0909. The minimum Gasteiger partial charge on any atom is -0.387 e. The van der Waals surface area contributed by atoms with E-state index < -0.39 is 0 Å². The van der Waals surface area contributed by atoms with Crippen LogP contribution < -0.4 is 10.6 Å². The van der Waals surface area contributed by atoms with Gasteiger partial charge in [-0.3, -0.25) is 4.79 Å². The third-order valence-electron chi connectivity index (χ3n) is 4.31. The predicted molar refractivity (Wildman–Crippen MR) is 107 cm³/mol. The highest BCUT2D eigenvalue weighted by molar-refractivity contribution is 6.43. The maximum Gasteiger partial charge on any atom is 0.273 e. The topological polar surface area (TPSA) is 62.7 Å². The first-order chi connectivity index (χ1) is 13.3. The zero-order chi connectivity index (χ0) is 18.5. The Kier molecular flexibility index (Phi) is 4.83. The van der Waals surface area contributed by atoms with Crippen LogP contribution in [0, 0.1) is 0 Å². The third-order valence-corrected chi connectivity index (χ3v) is 4.31. The Hall–Kier alpha value is -3.60. The van der Waals surface area contributed by atoms with Crippen LogP contribution in [0.25, 0.3) is 0 Å². The normalized spacial score (nSPS) is 15.6. The Morgan fingerprint density at radius 1 is 0.815 bits per heavy atom. The van der Waals surface area contributed by atoms with Gasteiger partial charge in [-0.05, 0) is 42.0 Å². The largest absolute Gasteiger partial charge is 0.387 e. The van der Waals surface area contributed by atoms with E-state index in [9.17, 15) is 4.79 Å². The first kappa shape index (κ1) is 16.8. The number of nitrogens with one attached hydrogen (secondary N) is 2. The van der Waals surface area contributed by atoms with Gasteiger partial charge in [-0.1, -0.05) is 53.7 Å². The summed E-state index contributed by atoms with van der Waals surface area (Å²) in [6.07, 6.45) is 0.258. The van der Waals surface area contributed by atoms with Gasteiger partial charge in [0.2, 0.25) is 0 Å². The zero-order valence-corrected chi connectivity index (χ0v) is 14.6. The molecule has 134 valence electrons. The number of carbonyl (C=O) groups excluding carboxylic acids is 1. The number of carbonyl (C=O) groups is 1. The Balaban J connectivity index is 1.34. The van der Waals surface area contributed by atoms with E-state index in [1.165, 1.54) is 0 Å². The average Bonchev–Trinajstić information content (AvgIpc) is 3.21. The van der Waals surface area contributed by atoms with Crippen molar-refractivity contribution in [2.45, 2.75) is 12.5 Å². The van der Waals surface area contributed by atoms with Crippen molar-refractivity contribution < 1.29 is 9.63 Å². The number of benzene rings is 3. The van der Waals surface area contributed by atoms with Crippen LogP contribution in [0.5, 0.6) is 0 Å². The number of hydrogen-bond donors (Lipinski definition) is 2. The fourth-order valence-corrected chi connectivity index (χ4v) is 2.89. The molecular formula is C22H19N3O2. The molecular weight excluding hydrogens is 338 g/mol. The standard InChI is InChI=1S/C22H19N3O2/c26-22(20-15-21(27-25-20)16-7-3-1-4-8-16)24-19-13-11-18(12-14-19)23-17-9-5-2-6-10-17/h1-14,21,23H,15H2,(H,24,26). The SMILES string of the molecule is O=C(Nc1ccc(Nc2ccccc2)cc1)C1=NOC(c2ccccc2)C1. The first-order valence-corrected chi connectivity index (χ1v) is 8.79. The molecule has 3 aromatic rings. The van der Waals surface area contributed by atoms with Crippen molar-refractivity contribution in [2.24, 2.45) is 5.16 Å². The van der Waals surface area contributed by atoms with Gasteiger partial charge in [0.25, 0.3) is 5.91 Å². The fourth-order valence-electron chi connectivity index (χ4n) is 2.89. The lowest BCUT2D eigenvalue weighted by atomic mass is 10.0. The lowest BCUT2D eigenvalue weighted by molar-refractivity contribution is -0.110. The number of hydrogen-bond acceptors (Lipinski definition) is 4. The van der Waals surface area contributed by atoms with Gasteiger partial charge in [0, 0.05) is 23.5 Å². The molecule has 1 heterocycles. The number of amides is 1. The molecule has 0 saturated carbocycles. The van der Waals surface area contributed by atoms with E-state index in [0.29, 0.717) is 17.8 Å². The van der Waals surface area contributed by atoms with Gasteiger partial charge in [-0.25, -0.2) is 0 Å². The molecule has 3 aromatic carbocycles. The summed E-state index contributed by atoms with van der Waals surface area (Å²) in [4.78, 5) is 17.8. The molecule has 4 rings (SSSR count). The van der Waals surface area contributed by atoms with Gasteiger partial charge in [0.1, 0.15) is 5.71 Å². The van der Waals surface area contributed by atoms with Crippen molar-refractivity contribution in [3.05, 3.63) is 90.5 Å². The number of nitrogens with zero attached hydrogens (tertiary/aromatic N) is 1. The quantitative estimate of drug-likeness (QED) is 0.684. The van der Waals surface area contributed by atoms with Crippen LogP contribution in [0.4, 0.5) is 17.1 Å². The maximum absolute atomic E-state index is 12.4. The Morgan fingerprint density at radius 2 is 1.41 bits per heavy atom. The monoisotopic (exact) mass is 357 g/mol. The van der Waals surface area contributed by atoms with Crippen LogP contribution in [0.1, 0.15) is 18.1 Å². The van der Waals surface area contributed by atoms with Crippen LogP contribution in [-0.4, -0.2) is 11.6 Å². The molecule has 5 heteroatoms. The van der Waals surface area contributed by atoms with Crippen LogP contribution >= 0.6 is 0 Å². The molecule has 0 aromatic heterocycles. The number of anilines is 3. The van der Waals surface area contributed by atoms with Gasteiger partial charge in [-0.2, -0.15) is 0 Å². The van der Waals surface area contributed by atoms with E-state index in [-0.39, 0.29) is 12.0 Å². The first-order valence-electron chi connectivity index (χ1n) is 8.79. The molecule has 0 spiro atoms. The Bertz CT molecular complexity index is 938. The molecule has 27 heavy (non-hydrogen) atoms. The van der Waals surface area contributed by atoms with Gasteiger partial charge in [0.15, 0.2) is 6.10 Å². The summed E-state index contributed by atoms with van der Waals surface area (Å²) >= 11 is 0. The molecule has 0 saturated heterocycles. The van der Waals surface area contributed by atoms with E-state index in [4.69, 9.17) is 4.84 Å². The number of oxime groups is 1. The Labute approximate surface area is 157 Å². The highest BCUT2D eigenvalue weighted by Gasteiger charge is 2.27. The molecule has 0 fully saturated rings. The number of rotatable bonds is 5. The second-order valence-corrected chi connectivity index (χ2v) is 6.27. The molecule has 1 unspecified atom stereocenters. The van der Waals surface area contributed by atoms with Crippen LogP contribution in [0.3, 0.4) is 0 Å². The van der Waals surface area contributed by atoms with Crippen molar-refractivity contribution in [1.82, 2.24) is 0 Å². The molecule has 1 aliphatic heterocycles. The van der Waals surface area contributed by atoms with Crippen LogP contribution in [0.15, 0.2) is 90.1 Å². The van der Waals surface area contributed by atoms with E-state index in [2.05, 4.69) is 15.8 Å². The zero-order valence-electron chi connectivity index (χ0n) is 14.6. The van der Waals surface area contributed by atoms with Crippen molar-refractivity contribution in [2.75, 3.05) is 10.6 Å². The molecule has 5 nitrogen and oxygen atoms in total. The molecule has 2 N–H and O–H groups in total. The summed E-state index contributed by atoms with van der Waals surface area (Å²) in [5.41, 5.74) is 4.09. The van der Waals surface area contributed by atoms with Crippen molar-refractivity contribution in [3.63, 3.8) is 0 Å². The minimum atomic E-state index is -0.239. The lowest BCUT2D eigenvalue weighted by Crippen LogP contribution is -2.21. The summed E-state index contributed by atoms with van der Waals surface area (Å²) in [5.74, 6) is -0.239. The maximum atomic E-state index is 12.4. The lowest BCUT2D eigenvalue weighted by Gasteiger charge is -2.09. The molecule has 1 amide bonds. The molecule has 0 bridgehead atoms. The van der Waals surface area contributed by atoms with E-state index in [1.54, 1.807) is 0 Å². The van der Waals surface area contributed by atoms with Gasteiger partial charge in [-0.15, -0.1) is 0 Å². The van der Waals surface area contributed by atoms with Crippen LogP contribution in [0.2, 0.25) is 0 Å². The van der Waals surface area contributed by atoms with Gasteiger partial charge >= 0.3 is 0 Å². The van der Waals surface area contributed by atoms with Crippen molar-refractivity contribution in [1.29, 1.82) is 0 Å². The summed E-state index contributed by atoms with van der Waals surface area (Å²) in [6.45, 7) is 0. The smallest absolute Gasteiger partial charge is 0.273 e. The summed E-state index contributed by atoms with van der Waals surface area (Å²) in [7, 11) is 0. The molecule has 0 radical (unpaired) electrons. The van der Waals surface area contributed by atoms with Gasteiger partial charge in [0.05, 0.1) is 0 Å². The second-order valence-electron chi connectivity index (χ2n) is 6.27. The molecule has 1 atom stereocenters. The van der Waals surface area contributed by atoms with Gasteiger partial charge < -0.3 is 15.5 Å². The summed E-state index contributed by atoms with van der Waals surface area (Å²) in [5, 5.41) is 10.1. The average molecular weight is 357 g/mol. The predicted octanol–water partition coefficient (Wildman–Crippen LogP) is 4.89. The number of para-hydroxylation sites is 1. The van der Waals surface area contributed by atoms with E-state index >= 15 is 0 Å². The molecule has 0 aliphatic carbocycles. The molecule has 1 aliphatic rings. The van der Waals surface area contributed by atoms with Crippen molar-refractivity contribution in [3.8, 4) is 0 Å². The Morgan fingerprint density at radius 3 is 2.11 bits per heavy atom. The third kappa shape index (κ3) is 4.15.